The molecule has 5 heteroatoms. The summed E-state index contributed by atoms with van der Waals surface area (Å²) in [6, 6.07) is 7.20. The molecule has 0 saturated carbocycles. The van der Waals surface area contributed by atoms with Gasteiger partial charge in [0, 0.05) is 5.38 Å². The minimum atomic E-state index is 0.383. The van der Waals surface area contributed by atoms with Gasteiger partial charge >= 0.3 is 0 Å². The molecular formula is C9H6N4S. The van der Waals surface area contributed by atoms with E-state index in [1.807, 2.05) is 11.4 Å². The van der Waals surface area contributed by atoms with Crippen molar-refractivity contribution in [1.29, 1.82) is 5.26 Å². The maximum atomic E-state index is 8.66. The number of aromatic nitrogens is 2. The van der Waals surface area contributed by atoms with Gasteiger partial charge in [-0.05, 0) is 12.1 Å². The fourth-order valence-electron chi connectivity index (χ4n) is 1.04. The second-order valence-corrected chi connectivity index (χ2v) is 3.48. The highest BCUT2D eigenvalue weighted by Gasteiger charge is 2.04. The summed E-state index contributed by atoms with van der Waals surface area (Å²) in [5.74, 6) is 0. The van der Waals surface area contributed by atoms with Gasteiger partial charge in [0.1, 0.15) is 17.5 Å². The Balaban J connectivity index is 2.47. The van der Waals surface area contributed by atoms with E-state index in [0.29, 0.717) is 22.2 Å². The zero-order valence-electron chi connectivity index (χ0n) is 7.14. The largest absolute Gasteiger partial charge is 0.375 e. The third-order valence-electron chi connectivity index (χ3n) is 1.65. The van der Waals surface area contributed by atoms with Crippen molar-refractivity contribution in [2.75, 3.05) is 5.73 Å². The van der Waals surface area contributed by atoms with Gasteiger partial charge in [-0.1, -0.05) is 6.07 Å². The van der Waals surface area contributed by atoms with Crippen molar-refractivity contribution in [2.45, 2.75) is 0 Å². The minimum absolute atomic E-state index is 0.383. The summed E-state index contributed by atoms with van der Waals surface area (Å²) < 4.78 is 0. The summed E-state index contributed by atoms with van der Waals surface area (Å²) in [5, 5.41) is 11.0. The van der Waals surface area contributed by atoms with E-state index in [2.05, 4.69) is 9.97 Å². The molecule has 0 aliphatic heterocycles. The second-order valence-electron chi connectivity index (χ2n) is 2.59. The van der Waals surface area contributed by atoms with Crippen molar-refractivity contribution >= 4 is 16.5 Å². The monoisotopic (exact) mass is 202 g/mol. The molecule has 0 saturated heterocycles. The third kappa shape index (κ3) is 1.56. The number of hydrogen-bond donors (Lipinski definition) is 1. The van der Waals surface area contributed by atoms with Crippen LogP contribution in [-0.2, 0) is 0 Å². The highest BCUT2D eigenvalue weighted by atomic mass is 32.1. The van der Waals surface area contributed by atoms with Crippen LogP contribution in [0.5, 0.6) is 0 Å². The van der Waals surface area contributed by atoms with Gasteiger partial charge in [0.2, 0.25) is 0 Å². The van der Waals surface area contributed by atoms with Gasteiger partial charge in [-0.25, -0.2) is 9.97 Å². The number of nitrogens with two attached hydrogens (primary N) is 1. The highest BCUT2D eigenvalue weighted by molar-refractivity contribution is 7.13. The number of rotatable bonds is 1. The first kappa shape index (κ1) is 8.66. The van der Waals surface area contributed by atoms with Gasteiger partial charge in [-0.15, -0.1) is 11.3 Å². The summed E-state index contributed by atoms with van der Waals surface area (Å²) in [5.41, 5.74) is 7.27. The van der Waals surface area contributed by atoms with Crippen LogP contribution in [0.3, 0.4) is 0 Å². The maximum absolute atomic E-state index is 8.66. The highest BCUT2D eigenvalue weighted by Crippen LogP contribution is 2.21. The Morgan fingerprint density at radius 2 is 2.14 bits per heavy atom. The van der Waals surface area contributed by atoms with Crippen molar-refractivity contribution in [3.05, 3.63) is 29.3 Å². The SMILES string of the molecule is N#Cc1cccc(-c2csc(N)n2)n1. The Hall–Kier alpha value is -1.93. The first-order chi connectivity index (χ1) is 6.79. The smallest absolute Gasteiger partial charge is 0.180 e. The van der Waals surface area contributed by atoms with Crippen LogP contribution in [0.4, 0.5) is 5.13 Å². The van der Waals surface area contributed by atoms with E-state index in [1.165, 1.54) is 11.3 Å². The normalized spacial score (nSPS) is 9.64. The summed E-state index contributed by atoms with van der Waals surface area (Å²) >= 11 is 1.36. The lowest BCUT2D eigenvalue weighted by Crippen LogP contribution is -1.88. The van der Waals surface area contributed by atoms with Gasteiger partial charge in [0.05, 0.1) is 5.69 Å². The Kier molecular flexibility index (Phi) is 2.13. The fraction of sp³-hybridized carbons (Fsp3) is 0. The first-order valence-electron chi connectivity index (χ1n) is 3.88. The number of pyridine rings is 1. The quantitative estimate of drug-likeness (QED) is 0.763. The molecule has 2 rings (SSSR count). The van der Waals surface area contributed by atoms with Gasteiger partial charge in [-0.2, -0.15) is 5.26 Å². The molecule has 14 heavy (non-hydrogen) atoms. The molecule has 2 aromatic rings. The Bertz CT molecular complexity index is 498. The zero-order valence-corrected chi connectivity index (χ0v) is 7.95. The molecule has 0 aliphatic carbocycles. The van der Waals surface area contributed by atoms with Crippen LogP contribution in [0.1, 0.15) is 5.69 Å². The zero-order chi connectivity index (χ0) is 9.97. The van der Waals surface area contributed by atoms with E-state index in [4.69, 9.17) is 11.0 Å². The molecule has 0 bridgehead atoms. The van der Waals surface area contributed by atoms with Crippen LogP contribution in [0.2, 0.25) is 0 Å². The molecule has 2 heterocycles. The molecule has 4 nitrogen and oxygen atoms in total. The van der Waals surface area contributed by atoms with E-state index in [-0.39, 0.29) is 0 Å². The van der Waals surface area contributed by atoms with Crippen LogP contribution in [0, 0.1) is 11.3 Å². The molecular weight excluding hydrogens is 196 g/mol. The van der Waals surface area contributed by atoms with E-state index in [1.54, 1.807) is 18.2 Å². The molecule has 0 fully saturated rings. The lowest BCUT2D eigenvalue weighted by atomic mass is 10.2. The number of nitrogen functional groups attached to an aromatic ring is 1. The maximum Gasteiger partial charge on any atom is 0.180 e. The van der Waals surface area contributed by atoms with E-state index in [0.717, 1.165) is 0 Å². The van der Waals surface area contributed by atoms with Crippen LogP contribution in [0.25, 0.3) is 11.4 Å². The molecule has 0 aromatic carbocycles. The van der Waals surface area contributed by atoms with E-state index >= 15 is 0 Å². The molecule has 0 aliphatic rings. The number of anilines is 1. The molecule has 0 spiro atoms. The summed E-state index contributed by atoms with van der Waals surface area (Å²) in [7, 11) is 0. The molecule has 0 radical (unpaired) electrons. The van der Waals surface area contributed by atoms with Crippen LogP contribution < -0.4 is 5.73 Å². The molecule has 0 unspecified atom stereocenters. The second kappa shape index (κ2) is 3.44. The van der Waals surface area contributed by atoms with Crippen LogP contribution in [-0.4, -0.2) is 9.97 Å². The van der Waals surface area contributed by atoms with Crippen molar-refractivity contribution < 1.29 is 0 Å². The molecule has 68 valence electrons. The average Bonchev–Trinajstić information content (AvgIpc) is 2.65. The van der Waals surface area contributed by atoms with Crippen molar-refractivity contribution in [2.24, 2.45) is 0 Å². The predicted molar refractivity (Wildman–Crippen MR) is 54.5 cm³/mol. The first-order valence-corrected chi connectivity index (χ1v) is 4.76. The van der Waals surface area contributed by atoms with Crippen molar-refractivity contribution in [3.63, 3.8) is 0 Å². The lowest BCUT2D eigenvalue weighted by Gasteiger charge is -1.94. The molecule has 2 N–H and O–H groups in total. The third-order valence-corrected chi connectivity index (χ3v) is 2.32. The van der Waals surface area contributed by atoms with Crippen LogP contribution in [0.15, 0.2) is 23.6 Å². The number of hydrogen-bond acceptors (Lipinski definition) is 5. The summed E-state index contributed by atoms with van der Waals surface area (Å²) in [6.07, 6.45) is 0. The fourth-order valence-corrected chi connectivity index (χ4v) is 1.60. The number of nitriles is 1. The standard InChI is InChI=1S/C9H6N4S/c10-4-6-2-1-3-7(12-6)8-5-14-9(11)13-8/h1-3,5H,(H2,11,13). The molecule has 0 amide bonds. The van der Waals surface area contributed by atoms with Gasteiger partial charge in [0.15, 0.2) is 5.13 Å². The minimum Gasteiger partial charge on any atom is -0.375 e. The Morgan fingerprint density at radius 3 is 2.79 bits per heavy atom. The van der Waals surface area contributed by atoms with Crippen molar-refractivity contribution in [1.82, 2.24) is 9.97 Å². The average molecular weight is 202 g/mol. The summed E-state index contributed by atoms with van der Waals surface area (Å²) in [4.78, 5) is 8.18. The van der Waals surface area contributed by atoms with Crippen molar-refractivity contribution in [3.8, 4) is 17.5 Å². The number of nitrogens with zero attached hydrogens (tertiary/aromatic N) is 3. The van der Waals surface area contributed by atoms with E-state index < -0.39 is 0 Å². The predicted octanol–water partition coefficient (Wildman–Crippen LogP) is 1.66. The van der Waals surface area contributed by atoms with Gasteiger partial charge in [-0.3, -0.25) is 0 Å². The Morgan fingerprint density at radius 1 is 1.29 bits per heavy atom. The summed E-state index contributed by atoms with van der Waals surface area (Å²) in [6.45, 7) is 0. The Labute approximate surface area is 84.7 Å². The molecule has 0 atom stereocenters. The van der Waals surface area contributed by atoms with Gasteiger partial charge < -0.3 is 5.73 Å². The van der Waals surface area contributed by atoms with Crippen LogP contribution >= 0.6 is 11.3 Å². The number of thiazole rings is 1. The van der Waals surface area contributed by atoms with E-state index in [9.17, 15) is 0 Å². The topological polar surface area (TPSA) is 75.6 Å². The molecule has 2 aromatic heterocycles. The van der Waals surface area contributed by atoms with Gasteiger partial charge in [0.25, 0.3) is 0 Å². The lowest BCUT2D eigenvalue weighted by molar-refractivity contribution is 1.24.